The van der Waals surface area contributed by atoms with Gasteiger partial charge in [-0.25, -0.2) is 0 Å². The first-order valence-electron chi connectivity index (χ1n) is 9.52. The summed E-state index contributed by atoms with van der Waals surface area (Å²) in [5.74, 6) is -1.29. The molecule has 0 bridgehead atoms. The molecule has 1 saturated heterocycles. The molecule has 1 aliphatic carbocycles. The molecule has 1 atom stereocenters. The second-order valence-corrected chi connectivity index (χ2v) is 7.93. The van der Waals surface area contributed by atoms with Gasteiger partial charge in [0, 0.05) is 28.8 Å². The fourth-order valence-electron chi connectivity index (χ4n) is 4.40. The maximum Gasteiger partial charge on any atom is 0.313 e. The quantitative estimate of drug-likeness (QED) is 0.615. The molecule has 1 aliphatic heterocycles. The molecule has 3 rings (SSSR count). The number of carbonyl (C=O) groups is 2. The average Bonchev–Trinajstić information content (AvgIpc) is 2.66. The van der Waals surface area contributed by atoms with Gasteiger partial charge in [0.05, 0.1) is 12.6 Å². The first-order valence-corrected chi connectivity index (χ1v) is 9.90. The van der Waals surface area contributed by atoms with Crippen LogP contribution < -0.4 is 10.6 Å². The zero-order chi connectivity index (χ0) is 19.3. The zero-order valence-corrected chi connectivity index (χ0v) is 16.1. The highest BCUT2D eigenvalue weighted by atomic mass is 35.5. The Hall–Kier alpha value is -2.10. The minimum absolute atomic E-state index is 0.0170. The van der Waals surface area contributed by atoms with E-state index in [9.17, 15) is 9.59 Å². The molecule has 27 heavy (non-hydrogen) atoms. The third-order valence-corrected chi connectivity index (χ3v) is 5.99. The topological polar surface area (TPSA) is 85.2 Å². The van der Waals surface area contributed by atoms with Gasteiger partial charge in [-0.3, -0.25) is 14.5 Å². The maximum atomic E-state index is 12.3. The molecule has 2 amide bonds. The Balaban J connectivity index is 1.59. The lowest BCUT2D eigenvalue weighted by Gasteiger charge is -2.51. The van der Waals surface area contributed by atoms with E-state index in [1.807, 2.05) is 0 Å². The number of halogens is 1. The monoisotopic (exact) mass is 388 g/mol. The molecule has 1 unspecified atom stereocenters. The number of hydrogen-bond acceptors (Lipinski definition) is 4. The largest absolute Gasteiger partial charge is 0.345 e. The number of carbonyl (C=O) groups excluding carboxylic acids is 2. The van der Waals surface area contributed by atoms with Crippen LogP contribution in [0, 0.1) is 11.3 Å². The van der Waals surface area contributed by atoms with Crippen LogP contribution in [0.4, 0.5) is 5.69 Å². The second-order valence-electron chi connectivity index (χ2n) is 7.49. The van der Waals surface area contributed by atoms with E-state index in [-0.39, 0.29) is 11.6 Å². The molecule has 0 radical (unpaired) electrons. The number of amides is 2. The number of piperidine rings is 1. The number of anilines is 1. The zero-order valence-electron chi connectivity index (χ0n) is 15.3. The van der Waals surface area contributed by atoms with Gasteiger partial charge in [0.2, 0.25) is 0 Å². The lowest BCUT2D eigenvalue weighted by Crippen LogP contribution is -2.59. The van der Waals surface area contributed by atoms with Crippen molar-refractivity contribution in [2.75, 3.05) is 18.4 Å². The lowest BCUT2D eigenvalue weighted by molar-refractivity contribution is -0.137. The van der Waals surface area contributed by atoms with E-state index < -0.39 is 11.8 Å². The fraction of sp³-hybridized carbons (Fsp3) is 0.550. The van der Waals surface area contributed by atoms with Gasteiger partial charge in [-0.05, 0) is 49.9 Å². The van der Waals surface area contributed by atoms with Crippen LogP contribution in [0.2, 0.25) is 5.02 Å². The molecule has 144 valence electrons. The number of rotatable bonds is 3. The first-order chi connectivity index (χ1) is 13.0. The van der Waals surface area contributed by atoms with Crippen LogP contribution in [-0.4, -0.2) is 41.4 Å². The normalized spacial score (nSPS) is 22.0. The Kier molecular flexibility index (Phi) is 6.35. The summed E-state index contributed by atoms with van der Waals surface area (Å²) >= 11 is 5.83. The van der Waals surface area contributed by atoms with Gasteiger partial charge in [0.25, 0.3) is 0 Å². The molecule has 1 spiro atoms. The Labute approximate surface area is 164 Å². The summed E-state index contributed by atoms with van der Waals surface area (Å²) in [6.45, 7) is 1.20. The predicted octanol–water partition coefficient (Wildman–Crippen LogP) is 3.09. The van der Waals surface area contributed by atoms with Crippen LogP contribution in [0.3, 0.4) is 0 Å². The van der Waals surface area contributed by atoms with Gasteiger partial charge in [0.15, 0.2) is 0 Å². The van der Waals surface area contributed by atoms with Crippen molar-refractivity contribution in [1.82, 2.24) is 10.2 Å². The summed E-state index contributed by atoms with van der Waals surface area (Å²) < 4.78 is 0. The van der Waals surface area contributed by atoms with Gasteiger partial charge in [-0.1, -0.05) is 30.9 Å². The first kappa shape index (κ1) is 19.7. The summed E-state index contributed by atoms with van der Waals surface area (Å²) in [5, 5.41) is 15.2. The van der Waals surface area contributed by atoms with Gasteiger partial charge in [0.1, 0.15) is 0 Å². The van der Waals surface area contributed by atoms with Crippen molar-refractivity contribution in [3.8, 4) is 6.07 Å². The van der Waals surface area contributed by atoms with Gasteiger partial charge in [-0.2, -0.15) is 5.26 Å². The number of nitrogens with one attached hydrogen (secondary N) is 2. The summed E-state index contributed by atoms with van der Waals surface area (Å²) in [5.41, 5.74) is 0.517. The maximum absolute atomic E-state index is 12.3. The molecule has 2 aliphatic rings. The molecule has 2 fully saturated rings. The van der Waals surface area contributed by atoms with Crippen LogP contribution in [0.25, 0.3) is 0 Å². The molecule has 1 aromatic rings. The third-order valence-electron chi connectivity index (χ3n) is 5.73. The van der Waals surface area contributed by atoms with Crippen LogP contribution in [-0.2, 0) is 9.59 Å². The van der Waals surface area contributed by atoms with E-state index in [4.69, 9.17) is 16.9 Å². The molecular formula is C20H25ClN4O2. The number of nitrogens with zero attached hydrogens (tertiary/aromatic N) is 2. The molecular weight excluding hydrogens is 364 g/mol. The average molecular weight is 389 g/mol. The van der Waals surface area contributed by atoms with Gasteiger partial charge in [-0.15, -0.1) is 0 Å². The van der Waals surface area contributed by atoms with Crippen molar-refractivity contribution in [1.29, 1.82) is 5.26 Å². The van der Waals surface area contributed by atoms with Gasteiger partial charge < -0.3 is 10.6 Å². The summed E-state index contributed by atoms with van der Waals surface area (Å²) in [6, 6.07) is 8.87. The van der Waals surface area contributed by atoms with E-state index >= 15 is 0 Å². The SMILES string of the molecule is N#CCN1CCC(NC(=O)C(=O)Nc2ccc(Cl)cc2)CC12CCCCC2. The van der Waals surface area contributed by atoms with Crippen LogP contribution >= 0.6 is 11.6 Å². The van der Waals surface area contributed by atoms with E-state index in [1.54, 1.807) is 24.3 Å². The number of benzene rings is 1. The molecule has 2 N–H and O–H groups in total. The second kappa shape index (κ2) is 8.73. The minimum Gasteiger partial charge on any atom is -0.345 e. The van der Waals surface area contributed by atoms with Crippen molar-refractivity contribution in [2.45, 2.75) is 56.5 Å². The smallest absolute Gasteiger partial charge is 0.313 e. The highest BCUT2D eigenvalue weighted by Crippen LogP contribution is 2.40. The van der Waals surface area contributed by atoms with Gasteiger partial charge >= 0.3 is 11.8 Å². The standard InChI is InChI=1S/C20H25ClN4O2/c21-15-4-6-16(7-5-15)23-18(26)19(27)24-17-8-12-25(13-11-22)20(14-17)9-2-1-3-10-20/h4-7,17H,1-3,8-10,12-14H2,(H,23,26)(H,24,27). The van der Waals surface area contributed by atoms with Crippen molar-refractivity contribution in [3.05, 3.63) is 29.3 Å². The molecule has 1 aromatic carbocycles. The van der Waals surface area contributed by atoms with Crippen molar-refractivity contribution in [3.63, 3.8) is 0 Å². The summed E-state index contributed by atoms with van der Waals surface area (Å²) in [6.07, 6.45) is 7.19. The lowest BCUT2D eigenvalue weighted by atomic mass is 9.73. The van der Waals surface area contributed by atoms with Crippen molar-refractivity contribution < 1.29 is 9.59 Å². The molecule has 7 heteroatoms. The third kappa shape index (κ3) is 4.79. The molecule has 1 saturated carbocycles. The fourth-order valence-corrected chi connectivity index (χ4v) is 4.52. The molecule has 0 aromatic heterocycles. The van der Waals surface area contributed by atoms with Crippen LogP contribution in [0.5, 0.6) is 0 Å². The molecule has 1 heterocycles. The Morgan fingerprint density at radius 2 is 1.89 bits per heavy atom. The Bertz CT molecular complexity index is 722. The molecule has 6 nitrogen and oxygen atoms in total. The van der Waals surface area contributed by atoms with Crippen molar-refractivity contribution >= 4 is 29.1 Å². The van der Waals surface area contributed by atoms with Crippen LogP contribution in [0.1, 0.15) is 44.9 Å². The highest BCUT2D eigenvalue weighted by Gasteiger charge is 2.43. The Morgan fingerprint density at radius 1 is 1.19 bits per heavy atom. The van der Waals surface area contributed by atoms with E-state index in [1.165, 1.54) is 6.42 Å². The van der Waals surface area contributed by atoms with E-state index in [0.29, 0.717) is 17.3 Å². The summed E-state index contributed by atoms with van der Waals surface area (Å²) in [7, 11) is 0. The van der Waals surface area contributed by atoms with E-state index in [0.717, 1.165) is 45.1 Å². The van der Waals surface area contributed by atoms with E-state index in [2.05, 4.69) is 21.6 Å². The highest BCUT2D eigenvalue weighted by molar-refractivity contribution is 6.39. The number of likely N-dealkylation sites (tertiary alicyclic amines) is 1. The van der Waals surface area contributed by atoms with Crippen molar-refractivity contribution in [2.24, 2.45) is 0 Å². The predicted molar refractivity (Wildman–Crippen MR) is 104 cm³/mol. The number of nitriles is 1. The Morgan fingerprint density at radius 3 is 2.56 bits per heavy atom. The summed E-state index contributed by atoms with van der Waals surface area (Å²) in [4.78, 5) is 26.8. The number of hydrogen-bond donors (Lipinski definition) is 2. The minimum atomic E-state index is -0.672. The van der Waals surface area contributed by atoms with Crippen LogP contribution in [0.15, 0.2) is 24.3 Å².